The summed E-state index contributed by atoms with van der Waals surface area (Å²) in [6, 6.07) is 2.08. The minimum atomic E-state index is 1.11. The summed E-state index contributed by atoms with van der Waals surface area (Å²) in [5.74, 6) is 1.11. The zero-order valence-corrected chi connectivity index (χ0v) is 8.48. The van der Waals surface area contributed by atoms with E-state index < -0.39 is 0 Å². The van der Waals surface area contributed by atoms with E-state index in [1.807, 2.05) is 11.8 Å². The summed E-state index contributed by atoms with van der Waals surface area (Å²) >= 11 is 5.40. The van der Waals surface area contributed by atoms with Gasteiger partial charge in [0.2, 0.25) is 0 Å². The van der Waals surface area contributed by atoms with Crippen molar-refractivity contribution in [1.29, 1.82) is 0 Å². The number of thioether (sulfide) groups is 1. The van der Waals surface area contributed by atoms with Crippen LogP contribution in [-0.4, -0.2) is 10.7 Å². The molecule has 2 heterocycles. The number of rotatable bonds is 2. The fourth-order valence-corrected chi connectivity index (χ4v) is 3.91. The van der Waals surface area contributed by atoms with Gasteiger partial charge in [-0.2, -0.15) is 0 Å². The summed E-state index contributed by atoms with van der Waals surface area (Å²) in [4.78, 5) is 4.45. The molecule has 2 rings (SSSR count). The molecule has 4 heteroatoms. The number of hydrogen-bond acceptors (Lipinski definition) is 4. The zero-order valence-electron chi connectivity index (χ0n) is 6.03. The average Bonchev–Trinajstić information content (AvgIpc) is 2.46. The SMILES string of the molecule is CCSc1nc2ccsc2s1. The number of hydrogen-bond donors (Lipinski definition) is 0. The fraction of sp³-hybridized carbons (Fsp3) is 0.286. The molecule has 0 fully saturated rings. The highest BCUT2D eigenvalue weighted by Crippen LogP contribution is 2.32. The van der Waals surface area contributed by atoms with Gasteiger partial charge in [-0.3, -0.25) is 0 Å². The van der Waals surface area contributed by atoms with E-state index in [-0.39, 0.29) is 0 Å². The topological polar surface area (TPSA) is 12.9 Å². The van der Waals surface area contributed by atoms with E-state index in [0.717, 1.165) is 11.3 Å². The van der Waals surface area contributed by atoms with Crippen LogP contribution in [0.15, 0.2) is 15.8 Å². The molecule has 0 aliphatic rings. The van der Waals surface area contributed by atoms with Crippen molar-refractivity contribution in [3.05, 3.63) is 11.4 Å². The molecule has 0 aliphatic heterocycles. The lowest BCUT2D eigenvalue weighted by Gasteiger charge is -1.85. The van der Waals surface area contributed by atoms with E-state index in [1.165, 1.54) is 8.35 Å². The molecule has 2 aromatic rings. The van der Waals surface area contributed by atoms with Crippen LogP contribution in [-0.2, 0) is 0 Å². The highest BCUT2D eigenvalue weighted by Gasteiger charge is 2.02. The predicted molar refractivity (Wildman–Crippen MR) is 53.9 cm³/mol. The van der Waals surface area contributed by atoms with Gasteiger partial charge in [0.1, 0.15) is 4.01 Å². The quantitative estimate of drug-likeness (QED) is 0.690. The maximum absolute atomic E-state index is 4.45. The summed E-state index contributed by atoms with van der Waals surface area (Å²) in [5.41, 5.74) is 1.16. The Hall–Kier alpha value is -0.0600. The van der Waals surface area contributed by atoms with E-state index in [1.54, 1.807) is 22.7 Å². The summed E-state index contributed by atoms with van der Waals surface area (Å²) in [6.45, 7) is 2.15. The first-order valence-corrected chi connectivity index (χ1v) is 6.05. The van der Waals surface area contributed by atoms with Crippen LogP contribution in [0.1, 0.15) is 6.92 Å². The van der Waals surface area contributed by atoms with Gasteiger partial charge in [-0.05, 0) is 17.2 Å². The Bertz CT molecular complexity index is 321. The van der Waals surface area contributed by atoms with Gasteiger partial charge in [0.15, 0.2) is 4.34 Å². The maximum Gasteiger partial charge on any atom is 0.151 e. The first-order chi connectivity index (χ1) is 5.40. The van der Waals surface area contributed by atoms with E-state index in [2.05, 4.69) is 23.4 Å². The highest BCUT2D eigenvalue weighted by molar-refractivity contribution is 8.01. The van der Waals surface area contributed by atoms with Crippen molar-refractivity contribution in [1.82, 2.24) is 4.98 Å². The number of thiophene rings is 1. The molecule has 0 saturated heterocycles. The van der Waals surface area contributed by atoms with Gasteiger partial charge in [-0.25, -0.2) is 4.98 Å². The second kappa shape index (κ2) is 3.13. The molecule has 0 aliphatic carbocycles. The monoisotopic (exact) mass is 201 g/mol. The Morgan fingerprint density at radius 1 is 1.64 bits per heavy atom. The van der Waals surface area contributed by atoms with Gasteiger partial charge in [-0.1, -0.05) is 30.0 Å². The molecule has 1 nitrogen and oxygen atoms in total. The zero-order chi connectivity index (χ0) is 7.68. The Labute approximate surface area is 77.5 Å². The molecule has 0 unspecified atom stereocenters. The standard InChI is InChI=1S/C7H7NS3/c1-2-9-7-8-5-3-4-10-6(5)11-7/h3-4H,2H2,1H3. The number of aromatic nitrogens is 1. The van der Waals surface area contributed by atoms with Gasteiger partial charge in [0.05, 0.1) is 5.52 Å². The Balaban J connectivity index is 2.42. The molecule has 11 heavy (non-hydrogen) atoms. The van der Waals surface area contributed by atoms with Crippen molar-refractivity contribution in [2.75, 3.05) is 5.75 Å². The van der Waals surface area contributed by atoms with Crippen LogP contribution < -0.4 is 0 Å². The van der Waals surface area contributed by atoms with Gasteiger partial charge in [0.25, 0.3) is 0 Å². The maximum atomic E-state index is 4.45. The Morgan fingerprint density at radius 2 is 2.55 bits per heavy atom. The fourth-order valence-electron chi connectivity index (χ4n) is 0.834. The Morgan fingerprint density at radius 3 is 3.27 bits per heavy atom. The molecule has 0 saturated carbocycles. The van der Waals surface area contributed by atoms with Gasteiger partial charge in [0, 0.05) is 0 Å². The smallest absolute Gasteiger partial charge is 0.151 e. The molecule has 0 bridgehead atoms. The first kappa shape index (κ1) is 7.58. The van der Waals surface area contributed by atoms with Gasteiger partial charge in [-0.15, -0.1) is 11.3 Å². The number of fused-ring (bicyclic) bond motifs is 1. The third-order valence-electron chi connectivity index (χ3n) is 1.27. The van der Waals surface area contributed by atoms with Crippen molar-refractivity contribution < 1.29 is 0 Å². The normalized spacial score (nSPS) is 11.0. The molecule has 0 N–H and O–H groups in total. The number of nitrogens with zero attached hydrogens (tertiary/aromatic N) is 1. The van der Waals surface area contributed by atoms with Crippen LogP contribution in [0.25, 0.3) is 9.53 Å². The lowest BCUT2D eigenvalue weighted by atomic mass is 10.6. The third-order valence-corrected chi connectivity index (χ3v) is 4.39. The van der Waals surface area contributed by atoms with E-state index in [9.17, 15) is 0 Å². The number of thiazole rings is 1. The molecule has 0 atom stereocenters. The largest absolute Gasteiger partial charge is 0.229 e. The van der Waals surface area contributed by atoms with Crippen LogP contribution in [0.3, 0.4) is 0 Å². The molecule has 2 aromatic heterocycles. The van der Waals surface area contributed by atoms with Gasteiger partial charge < -0.3 is 0 Å². The third kappa shape index (κ3) is 1.43. The Kier molecular flexibility index (Phi) is 2.16. The van der Waals surface area contributed by atoms with Crippen LogP contribution >= 0.6 is 34.4 Å². The molecule has 0 radical (unpaired) electrons. The summed E-state index contributed by atoms with van der Waals surface area (Å²) in [5, 5.41) is 2.09. The van der Waals surface area contributed by atoms with Crippen molar-refractivity contribution >= 4 is 44.0 Å². The molecule has 58 valence electrons. The van der Waals surface area contributed by atoms with Crippen LogP contribution in [0.5, 0.6) is 0 Å². The summed E-state index contributed by atoms with van der Waals surface area (Å²) in [6.07, 6.45) is 0. The van der Waals surface area contributed by atoms with Crippen molar-refractivity contribution in [2.24, 2.45) is 0 Å². The van der Waals surface area contributed by atoms with Crippen molar-refractivity contribution in [3.8, 4) is 0 Å². The second-order valence-electron chi connectivity index (χ2n) is 2.01. The minimum absolute atomic E-state index is 1.11. The molecular weight excluding hydrogens is 194 g/mol. The van der Waals surface area contributed by atoms with E-state index in [0.29, 0.717) is 0 Å². The molecule has 0 amide bonds. The van der Waals surface area contributed by atoms with Crippen LogP contribution in [0.2, 0.25) is 0 Å². The van der Waals surface area contributed by atoms with Crippen LogP contribution in [0, 0.1) is 0 Å². The highest BCUT2D eigenvalue weighted by atomic mass is 32.2. The summed E-state index contributed by atoms with van der Waals surface area (Å²) in [7, 11) is 0. The second-order valence-corrected chi connectivity index (χ2v) is 5.69. The van der Waals surface area contributed by atoms with Crippen LogP contribution in [0.4, 0.5) is 0 Å². The van der Waals surface area contributed by atoms with E-state index >= 15 is 0 Å². The summed E-state index contributed by atoms with van der Waals surface area (Å²) < 4.78 is 2.55. The molecular formula is C7H7NS3. The molecule has 0 spiro atoms. The van der Waals surface area contributed by atoms with Crippen molar-refractivity contribution in [2.45, 2.75) is 11.3 Å². The minimum Gasteiger partial charge on any atom is -0.229 e. The average molecular weight is 201 g/mol. The van der Waals surface area contributed by atoms with Gasteiger partial charge >= 0.3 is 0 Å². The van der Waals surface area contributed by atoms with Crippen molar-refractivity contribution in [3.63, 3.8) is 0 Å². The van der Waals surface area contributed by atoms with E-state index in [4.69, 9.17) is 0 Å². The lowest BCUT2D eigenvalue weighted by Crippen LogP contribution is -1.67. The predicted octanol–water partition coefficient (Wildman–Crippen LogP) is 3.47. The first-order valence-electron chi connectivity index (χ1n) is 3.37. The lowest BCUT2D eigenvalue weighted by molar-refractivity contribution is 1.30. The molecule has 0 aromatic carbocycles.